The Hall–Kier alpha value is -3.15. The number of rotatable bonds is 8. The number of hydrogen-bond acceptors (Lipinski definition) is 6. The normalized spacial score (nSPS) is 12.8. The summed E-state index contributed by atoms with van der Waals surface area (Å²) in [6, 6.07) is 10.5. The largest absolute Gasteiger partial charge is 0.365 e. The molecule has 0 aliphatic carbocycles. The van der Waals surface area contributed by atoms with E-state index in [1.165, 1.54) is 6.07 Å². The van der Waals surface area contributed by atoms with Crippen LogP contribution in [0, 0.1) is 23.1 Å². The van der Waals surface area contributed by atoms with E-state index in [9.17, 15) is 9.65 Å². The maximum absolute atomic E-state index is 14.5. The van der Waals surface area contributed by atoms with E-state index in [2.05, 4.69) is 20.7 Å². The molecule has 0 saturated heterocycles. The van der Waals surface area contributed by atoms with Crippen molar-refractivity contribution in [3.8, 4) is 11.8 Å². The third kappa shape index (κ3) is 4.87. The molecule has 0 radical (unpaired) electrons. The van der Waals surface area contributed by atoms with Gasteiger partial charge in [-0.3, -0.25) is 0 Å². The summed E-state index contributed by atoms with van der Waals surface area (Å²) in [4.78, 5) is 4.35. The van der Waals surface area contributed by atoms with Gasteiger partial charge in [0.15, 0.2) is 17.5 Å². The Labute approximate surface area is 179 Å². The van der Waals surface area contributed by atoms with Crippen molar-refractivity contribution >= 4 is 28.9 Å². The topological polar surface area (TPSA) is 105 Å². The van der Waals surface area contributed by atoms with Crippen LogP contribution < -0.4 is 16.4 Å². The van der Waals surface area contributed by atoms with Gasteiger partial charge in [0.1, 0.15) is 6.07 Å². The van der Waals surface area contributed by atoms with E-state index in [4.69, 9.17) is 17.3 Å². The van der Waals surface area contributed by atoms with E-state index in [-0.39, 0.29) is 29.2 Å². The van der Waals surface area contributed by atoms with Crippen LogP contribution in [0.3, 0.4) is 0 Å². The van der Waals surface area contributed by atoms with Gasteiger partial charge in [0.2, 0.25) is 0 Å². The highest BCUT2D eigenvalue weighted by Crippen LogP contribution is 2.26. The molecule has 156 valence electrons. The summed E-state index contributed by atoms with van der Waals surface area (Å²) >= 11 is 5.94. The third-order valence-corrected chi connectivity index (χ3v) is 5.04. The minimum atomic E-state index is -0.584. The van der Waals surface area contributed by atoms with Crippen molar-refractivity contribution in [1.82, 2.24) is 14.8 Å². The molecule has 0 aliphatic rings. The molecule has 0 amide bonds. The molecule has 2 unspecified atom stereocenters. The van der Waals surface area contributed by atoms with E-state index < -0.39 is 5.82 Å². The molecule has 2 heterocycles. The van der Waals surface area contributed by atoms with Gasteiger partial charge in [0.05, 0.1) is 22.5 Å². The Balaban J connectivity index is 1.91. The van der Waals surface area contributed by atoms with Crippen LogP contribution in [0.5, 0.6) is 0 Å². The van der Waals surface area contributed by atoms with Crippen molar-refractivity contribution in [3.63, 3.8) is 0 Å². The molecule has 0 saturated carbocycles. The quantitative estimate of drug-likeness (QED) is 0.490. The first-order valence-electron chi connectivity index (χ1n) is 9.60. The number of anilines is 3. The zero-order chi connectivity index (χ0) is 21.7. The van der Waals surface area contributed by atoms with Gasteiger partial charge in [-0.25, -0.2) is 14.1 Å². The lowest BCUT2D eigenvalue weighted by Gasteiger charge is -2.24. The predicted octanol–water partition coefficient (Wildman–Crippen LogP) is 4.46. The highest BCUT2D eigenvalue weighted by molar-refractivity contribution is 6.30. The maximum atomic E-state index is 14.5. The van der Waals surface area contributed by atoms with Gasteiger partial charge in [0, 0.05) is 17.9 Å². The summed E-state index contributed by atoms with van der Waals surface area (Å²) in [7, 11) is 0. The molecule has 0 bridgehead atoms. The van der Waals surface area contributed by atoms with E-state index >= 15 is 0 Å². The summed E-state index contributed by atoms with van der Waals surface area (Å²) in [5.41, 5.74) is 7.30. The number of aromatic nitrogens is 3. The highest BCUT2D eigenvalue weighted by Gasteiger charge is 2.19. The van der Waals surface area contributed by atoms with Gasteiger partial charge in [-0.1, -0.05) is 31.5 Å². The van der Waals surface area contributed by atoms with Crippen molar-refractivity contribution in [3.05, 3.63) is 59.1 Å². The summed E-state index contributed by atoms with van der Waals surface area (Å²) in [6.07, 6.45) is 3.99. The average molecular weight is 428 g/mol. The van der Waals surface area contributed by atoms with Gasteiger partial charge < -0.3 is 16.4 Å². The second kappa shape index (κ2) is 9.57. The Morgan fingerprint density at radius 1 is 1.33 bits per heavy atom. The molecule has 7 nitrogen and oxygen atoms in total. The van der Waals surface area contributed by atoms with E-state index in [0.717, 1.165) is 12.1 Å². The van der Waals surface area contributed by atoms with Crippen molar-refractivity contribution in [1.29, 1.82) is 5.26 Å². The highest BCUT2D eigenvalue weighted by atomic mass is 35.5. The van der Waals surface area contributed by atoms with E-state index in [0.29, 0.717) is 17.3 Å². The monoisotopic (exact) mass is 427 g/mol. The first kappa shape index (κ1) is 21.6. The molecule has 2 aromatic heterocycles. The number of hydrogen-bond donors (Lipinski definition) is 3. The number of benzene rings is 1. The van der Waals surface area contributed by atoms with Gasteiger partial charge in [-0.05, 0) is 43.1 Å². The fourth-order valence-corrected chi connectivity index (χ4v) is 3.20. The summed E-state index contributed by atoms with van der Waals surface area (Å²) in [5.74, 6) is -0.105. The van der Waals surface area contributed by atoms with E-state index in [1.807, 2.05) is 44.2 Å². The fraction of sp³-hybridized carbons (Fsp3) is 0.286. The number of nitrogens with two attached hydrogens (primary N) is 1. The molecule has 9 heteroatoms. The van der Waals surface area contributed by atoms with Crippen molar-refractivity contribution in [2.75, 3.05) is 17.2 Å². The van der Waals surface area contributed by atoms with Crippen LogP contribution >= 0.6 is 11.6 Å². The Kier molecular flexibility index (Phi) is 6.87. The molecule has 3 rings (SSSR count). The number of halogens is 2. The molecule has 30 heavy (non-hydrogen) atoms. The van der Waals surface area contributed by atoms with Crippen LogP contribution in [-0.4, -0.2) is 27.4 Å². The van der Waals surface area contributed by atoms with Crippen molar-refractivity contribution in [2.24, 2.45) is 11.7 Å². The minimum absolute atomic E-state index is 0.0364. The van der Waals surface area contributed by atoms with Crippen molar-refractivity contribution < 1.29 is 4.39 Å². The number of nitriles is 1. The third-order valence-electron chi connectivity index (χ3n) is 4.84. The minimum Gasteiger partial charge on any atom is -0.365 e. The molecule has 0 spiro atoms. The molecule has 3 aromatic rings. The summed E-state index contributed by atoms with van der Waals surface area (Å²) in [6.45, 7) is 4.46. The Morgan fingerprint density at radius 3 is 2.77 bits per heavy atom. The molecule has 0 fully saturated rings. The smallest absolute Gasteiger partial charge is 0.166 e. The van der Waals surface area contributed by atoms with Crippen LogP contribution in [0.25, 0.3) is 5.69 Å². The van der Waals surface area contributed by atoms with Crippen LogP contribution in [-0.2, 0) is 0 Å². The lowest BCUT2D eigenvalue weighted by atomic mass is 10.00. The van der Waals surface area contributed by atoms with Crippen LogP contribution in [0.2, 0.25) is 5.02 Å². The predicted molar refractivity (Wildman–Crippen MR) is 117 cm³/mol. The van der Waals surface area contributed by atoms with Gasteiger partial charge in [-0.15, -0.1) is 0 Å². The molecule has 0 aliphatic heterocycles. The van der Waals surface area contributed by atoms with Crippen LogP contribution in [0.4, 0.5) is 21.7 Å². The zero-order valence-electron chi connectivity index (χ0n) is 16.7. The van der Waals surface area contributed by atoms with Gasteiger partial charge in [0.25, 0.3) is 0 Å². The van der Waals surface area contributed by atoms with Crippen LogP contribution in [0.15, 0.2) is 42.7 Å². The second-order valence-electron chi connectivity index (χ2n) is 6.98. The lowest BCUT2D eigenvalue weighted by molar-refractivity contribution is 0.476. The molecule has 4 N–H and O–H groups in total. The average Bonchev–Trinajstić information content (AvgIpc) is 3.19. The molecular weight excluding hydrogens is 405 g/mol. The molecule has 1 aromatic carbocycles. The van der Waals surface area contributed by atoms with E-state index in [1.54, 1.807) is 17.1 Å². The fourth-order valence-electron chi connectivity index (χ4n) is 3.06. The molecule has 2 atom stereocenters. The number of nitrogens with zero attached hydrogens (tertiary/aromatic N) is 4. The summed E-state index contributed by atoms with van der Waals surface area (Å²) < 4.78 is 16.2. The standard InChI is InChI=1S/C21H23ClFN7/c1-3-19(13(2)9-24)28-21-18(23)7-14(10-25)20(29-21)27-16-5-4-6-17(8-16)30-12-15(22)11-26-30/h4-8,11-13,19H,3,9,24H2,1-2H3,(H2,27,28,29). The Bertz CT molecular complexity index is 1060. The molecular formula is C21H23ClFN7. The SMILES string of the molecule is CCC(Nc1nc(Nc2cccc(-n3cc(Cl)cn3)c2)c(C#N)cc1F)C(C)CN. The van der Waals surface area contributed by atoms with Gasteiger partial charge in [-0.2, -0.15) is 10.4 Å². The zero-order valence-corrected chi connectivity index (χ0v) is 17.5. The van der Waals surface area contributed by atoms with Crippen molar-refractivity contribution in [2.45, 2.75) is 26.3 Å². The number of pyridine rings is 1. The van der Waals surface area contributed by atoms with Crippen LogP contribution in [0.1, 0.15) is 25.8 Å². The maximum Gasteiger partial charge on any atom is 0.166 e. The lowest BCUT2D eigenvalue weighted by Crippen LogP contribution is -2.32. The number of nitrogens with one attached hydrogen (secondary N) is 2. The first-order chi connectivity index (χ1) is 14.4. The van der Waals surface area contributed by atoms with Gasteiger partial charge >= 0.3 is 0 Å². The second-order valence-corrected chi connectivity index (χ2v) is 7.41. The first-order valence-corrected chi connectivity index (χ1v) is 9.97. The Morgan fingerprint density at radius 2 is 2.13 bits per heavy atom. The summed E-state index contributed by atoms with van der Waals surface area (Å²) in [5, 5.41) is 20.4.